The van der Waals surface area contributed by atoms with Crippen LogP contribution in [0, 0.1) is 5.82 Å². The van der Waals surface area contributed by atoms with Crippen LogP contribution in [-0.4, -0.2) is 35.4 Å². The number of nitrogens with zero attached hydrogens (tertiary/aromatic N) is 7. The van der Waals surface area contributed by atoms with Crippen LogP contribution in [0.4, 0.5) is 18.9 Å². The Hall–Kier alpha value is -3.83. The van der Waals surface area contributed by atoms with Crippen molar-refractivity contribution in [1.82, 2.24) is 35.4 Å². The predicted octanol–water partition coefficient (Wildman–Crippen LogP) is 3.15. The summed E-state index contributed by atoms with van der Waals surface area (Å²) in [6.45, 7) is 3.79. The minimum atomic E-state index is -2.90. The molecule has 12 heteroatoms. The molecule has 31 heavy (non-hydrogen) atoms. The lowest BCUT2D eigenvalue weighted by atomic mass is 9.88. The second kappa shape index (κ2) is 7.78. The van der Waals surface area contributed by atoms with Crippen LogP contribution >= 0.6 is 0 Å². The van der Waals surface area contributed by atoms with Crippen LogP contribution in [0.25, 0.3) is 11.5 Å². The average Bonchev–Trinajstić information content (AvgIpc) is 3.40. The van der Waals surface area contributed by atoms with E-state index in [2.05, 4.69) is 30.6 Å². The van der Waals surface area contributed by atoms with Gasteiger partial charge in [-0.1, -0.05) is 6.07 Å². The topological polar surface area (TPSA) is 121 Å². The number of halogens is 3. The highest BCUT2D eigenvalue weighted by atomic mass is 19.3. The molecule has 0 aliphatic carbocycles. The van der Waals surface area contributed by atoms with Gasteiger partial charge in [-0.25, -0.2) is 4.39 Å². The Morgan fingerprint density at radius 3 is 2.58 bits per heavy atom. The number of alkyl halides is 2. The Bertz CT molecular complexity index is 1200. The lowest BCUT2D eigenvalue weighted by molar-refractivity contribution is 0.116. The molecule has 4 aromatic rings. The van der Waals surface area contributed by atoms with Crippen LogP contribution in [0.5, 0.6) is 0 Å². The Morgan fingerprint density at radius 1 is 1.13 bits per heavy atom. The molecule has 0 saturated carbocycles. The van der Waals surface area contributed by atoms with E-state index in [1.807, 2.05) is 13.8 Å². The van der Waals surface area contributed by atoms with E-state index >= 15 is 0 Å². The second-order valence-corrected chi connectivity index (χ2v) is 7.30. The normalized spacial score (nSPS) is 11.9. The number of tetrazole rings is 1. The van der Waals surface area contributed by atoms with Gasteiger partial charge < -0.3 is 10.2 Å². The summed E-state index contributed by atoms with van der Waals surface area (Å²) in [5, 5.41) is 19.2. The third kappa shape index (κ3) is 4.09. The van der Waals surface area contributed by atoms with Gasteiger partial charge in [0.15, 0.2) is 5.82 Å². The van der Waals surface area contributed by atoms with Crippen molar-refractivity contribution in [3.63, 3.8) is 0 Å². The van der Waals surface area contributed by atoms with Gasteiger partial charge in [-0.15, -0.1) is 20.4 Å². The molecule has 0 fully saturated rings. The van der Waals surface area contributed by atoms with Crippen LogP contribution in [0.1, 0.15) is 43.2 Å². The summed E-state index contributed by atoms with van der Waals surface area (Å²) in [4.78, 5) is 5.57. The van der Waals surface area contributed by atoms with Crippen molar-refractivity contribution in [2.24, 2.45) is 0 Å². The molecule has 0 radical (unpaired) electrons. The van der Waals surface area contributed by atoms with Gasteiger partial charge in [0, 0.05) is 11.1 Å². The highest BCUT2D eigenvalue weighted by molar-refractivity contribution is 5.53. The standard InChI is InChI=1S/C19H17F3N8O/c1-19(2,14-6-5-12(23)8-24-14)18-27-29-30(28-18)9-11-4-3-10(7-13(11)20)16-25-26-17(31-16)15(21)22/h3-8,15H,9,23H2,1-2H3. The molecule has 4 rings (SSSR count). The third-order valence-electron chi connectivity index (χ3n) is 4.68. The molecule has 0 saturated heterocycles. The molecule has 1 aromatic carbocycles. The lowest BCUT2D eigenvalue weighted by Crippen LogP contribution is -2.23. The summed E-state index contributed by atoms with van der Waals surface area (Å²) in [6.07, 6.45) is -1.35. The first kappa shape index (κ1) is 20.4. The number of anilines is 1. The summed E-state index contributed by atoms with van der Waals surface area (Å²) < 4.78 is 44.6. The van der Waals surface area contributed by atoms with E-state index in [0.717, 1.165) is 6.07 Å². The number of nitrogen functional groups attached to an aromatic ring is 1. The van der Waals surface area contributed by atoms with Crippen molar-refractivity contribution in [3.8, 4) is 11.5 Å². The molecule has 0 amide bonds. The highest BCUT2D eigenvalue weighted by Crippen LogP contribution is 2.28. The Labute approximate surface area is 174 Å². The zero-order valence-corrected chi connectivity index (χ0v) is 16.5. The quantitative estimate of drug-likeness (QED) is 0.495. The summed E-state index contributed by atoms with van der Waals surface area (Å²) >= 11 is 0. The fourth-order valence-electron chi connectivity index (χ4n) is 2.85. The molecule has 160 valence electrons. The number of pyridine rings is 1. The van der Waals surface area contributed by atoms with E-state index < -0.39 is 23.5 Å². The van der Waals surface area contributed by atoms with Crippen molar-refractivity contribution in [2.45, 2.75) is 32.2 Å². The average molecular weight is 430 g/mol. The maximum Gasteiger partial charge on any atom is 0.314 e. The molecular weight excluding hydrogens is 413 g/mol. The molecule has 2 N–H and O–H groups in total. The van der Waals surface area contributed by atoms with E-state index in [1.54, 1.807) is 18.3 Å². The van der Waals surface area contributed by atoms with E-state index in [9.17, 15) is 13.2 Å². The van der Waals surface area contributed by atoms with E-state index in [-0.39, 0.29) is 23.6 Å². The van der Waals surface area contributed by atoms with Gasteiger partial charge in [-0.3, -0.25) is 4.98 Å². The van der Waals surface area contributed by atoms with E-state index in [4.69, 9.17) is 10.2 Å². The maximum atomic E-state index is 14.6. The minimum Gasteiger partial charge on any atom is -0.415 e. The first-order valence-corrected chi connectivity index (χ1v) is 9.14. The fourth-order valence-corrected chi connectivity index (χ4v) is 2.85. The summed E-state index contributed by atoms with van der Waals surface area (Å²) in [6, 6.07) is 7.59. The summed E-state index contributed by atoms with van der Waals surface area (Å²) in [5.41, 5.74) is 6.74. The van der Waals surface area contributed by atoms with Crippen LogP contribution in [0.2, 0.25) is 0 Å². The zero-order chi connectivity index (χ0) is 22.2. The molecular formula is C19H17F3N8O. The number of hydrogen-bond donors (Lipinski definition) is 1. The van der Waals surface area contributed by atoms with Crippen LogP contribution in [0.3, 0.4) is 0 Å². The number of hydrogen-bond acceptors (Lipinski definition) is 8. The van der Waals surface area contributed by atoms with E-state index in [1.165, 1.54) is 16.9 Å². The highest BCUT2D eigenvalue weighted by Gasteiger charge is 2.30. The van der Waals surface area contributed by atoms with Crippen molar-refractivity contribution in [3.05, 3.63) is 65.3 Å². The first-order valence-electron chi connectivity index (χ1n) is 9.14. The Balaban J connectivity index is 1.53. The number of aromatic nitrogens is 7. The fraction of sp³-hybridized carbons (Fsp3) is 0.263. The van der Waals surface area contributed by atoms with Crippen molar-refractivity contribution >= 4 is 5.69 Å². The summed E-state index contributed by atoms with van der Waals surface area (Å²) in [5.74, 6) is -1.21. The number of rotatable bonds is 6. The SMILES string of the molecule is CC(C)(c1ccc(N)cn1)c1nnn(Cc2ccc(-c3nnc(C(F)F)o3)cc2F)n1. The van der Waals surface area contributed by atoms with Gasteiger partial charge in [-0.2, -0.15) is 13.6 Å². The van der Waals surface area contributed by atoms with Gasteiger partial charge in [0.2, 0.25) is 5.89 Å². The molecule has 0 unspecified atom stereocenters. The van der Waals surface area contributed by atoms with Crippen LogP contribution in [0.15, 0.2) is 40.9 Å². The second-order valence-electron chi connectivity index (χ2n) is 7.30. The van der Waals surface area contributed by atoms with Crippen molar-refractivity contribution in [2.75, 3.05) is 5.73 Å². The Kier molecular flexibility index (Phi) is 5.13. The minimum absolute atomic E-state index is 0.0104. The Morgan fingerprint density at radius 2 is 1.94 bits per heavy atom. The molecule has 0 aliphatic rings. The molecule has 0 bridgehead atoms. The molecule has 9 nitrogen and oxygen atoms in total. The monoisotopic (exact) mass is 430 g/mol. The van der Waals surface area contributed by atoms with Crippen LogP contribution in [-0.2, 0) is 12.0 Å². The van der Waals surface area contributed by atoms with Gasteiger partial charge in [0.25, 0.3) is 5.89 Å². The van der Waals surface area contributed by atoms with Crippen molar-refractivity contribution in [1.29, 1.82) is 0 Å². The molecule has 0 atom stereocenters. The third-order valence-corrected chi connectivity index (χ3v) is 4.68. The summed E-state index contributed by atoms with van der Waals surface area (Å²) in [7, 11) is 0. The zero-order valence-electron chi connectivity index (χ0n) is 16.5. The first-order chi connectivity index (χ1) is 14.7. The van der Waals surface area contributed by atoms with Gasteiger partial charge in [-0.05, 0) is 43.3 Å². The lowest BCUT2D eigenvalue weighted by Gasteiger charge is -2.19. The number of benzene rings is 1. The molecule has 0 aliphatic heterocycles. The number of nitrogens with two attached hydrogens (primary N) is 1. The smallest absolute Gasteiger partial charge is 0.314 e. The van der Waals surface area contributed by atoms with Crippen molar-refractivity contribution < 1.29 is 17.6 Å². The van der Waals surface area contributed by atoms with Gasteiger partial charge in [0.1, 0.15) is 5.82 Å². The maximum absolute atomic E-state index is 14.6. The van der Waals surface area contributed by atoms with Gasteiger partial charge in [0.05, 0.1) is 29.5 Å². The molecule has 3 aromatic heterocycles. The molecule has 0 spiro atoms. The largest absolute Gasteiger partial charge is 0.415 e. The van der Waals surface area contributed by atoms with Crippen LogP contribution < -0.4 is 5.73 Å². The molecule has 3 heterocycles. The predicted molar refractivity (Wildman–Crippen MR) is 102 cm³/mol. The van der Waals surface area contributed by atoms with Gasteiger partial charge >= 0.3 is 6.43 Å². The van der Waals surface area contributed by atoms with E-state index in [0.29, 0.717) is 17.2 Å².